The van der Waals surface area contributed by atoms with Crippen LogP contribution in [0.3, 0.4) is 0 Å². The molecule has 0 aliphatic carbocycles. The average Bonchev–Trinajstić information content (AvgIpc) is 3.01. The van der Waals surface area contributed by atoms with E-state index in [9.17, 15) is 18.0 Å². The number of aliphatic hydroxyl groups excluding tert-OH is 1. The summed E-state index contributed by atoms with van der Waals surface area (Å²) in [6.07, 6.45) is -2.78. The highest BCUT2D eigenvalue weighted by molar-refractivity contribution is 5.92. The molecule has 0 radical (unpaired) electrons. The van der Waals surface area contributed by atoms with E-state index in [4.69, 9.17) is 5.11 Å². The highest BCUT2D eigenvalue weighted by Crippen LogP contribution is 2.20. The number of rotatable bonds is 5. The van der Waals surface area contributed by atoms with Crippen molar-refractivity contribution in [1.82, 2.24) is 20.3 Å². The first kappa shape index (κ1) is 16.9. The van der Waals surface area contributed by atoms with Gasteiger partial charge in [0, 0.05) is 0 Å². The van der Waals surface area contributed by atoms with Crippen LogP contribution < -0.4 is 5.32 Å². The number of amides is 1. The van der Waals surface area contributed by atoms with Crippen molar-refractivity contribution in [2.24, 2.45) is 0 Å². The third kappa shape index (κ3) is 3.86. The second-order valence-electron chi connectivity index (χ2n) is 4.78. The van der Waals surface area contributed by atoms with Gasteiger partial charge in [0.15, 0.2) is 5.69 Å². The minimum absolute atomic E-state index is 0.265. The molecule has 6 nitrogen and oxygen atoms in total. The summed E-state index contributed by atoms with van der Waals surface area (Å²) in [5, 5.41) is 17.8. The topological polar surface area (TPSA) is 80.0 Å². The van der Waals surface area contributed by atoms with Crippen LogP contribution in [0.4, 0.5) is 13.2 Å². The van der Waals surface area contributed by atoms with Crippen LogP contribution in [0, 0.1) is 0 Å². The predicted octanol–water partition coefficient (Wildman–Crippen LogP) is 1.48. The molecule has 2 N–H and O–H groups in total. The Morgan fingerprint density at radius 2 is 2.09 bits per heavy atom. The molecule has 1 aromatic carbocycles. The number of aryl methyl sites for hydroxylation is 1. The van der Waals surface area contributed by atoms with Crippen molar-refractivity contribution in [3.05, 3.63) is 41.7 Å². The number of aromatic nitrogens is 3. The van der Waals surface area contributed by atoms with Gasteiger partial charge in [-0.25, -0.2) is 4.68 Å². The molecular weight excluding hydrogens is 313 g/mol. The SMILES string of the molecule is CCc1ccccc1-n1cc(C(=O)N[C@@H](CO)C(F)(F)F)nn1. The van der Waals surface area contributed by atoms with Gasteiger partial charge in [-0.05, 0) is 18.1 Å². The molecule has 1 atom stereocenters. The van der Waals surface area contributed by atoms with Gasteiger partial charge in [-0.2, -0.15) is 13.2 Å². The van der Waals surface area contributed by atoms with Crippen LogP contribution in [0.1, 0.15) is 23.0 Å². The van der Waals surface area contributed by atoms with E-state index in [0.29, 0.717) is 5.69 Å². The molecule has 124 valence electrons. The lowest BCUT2D eigenvalue weighted by atomic mass is 10.1. The van der Waals surface area contributed by atoms with Gasteiger partial charge in [0.05, 0.1) is 18.5 Å². The van der Waals surface area contributed by atoms with E-state index in [-0.39, 0.29) is 5.69 Å². The molecule has 0 spiro atoms. The largest absolute Gasteiger partial charge is 0.410 e. The molecule has 0 unspecified atom stereocenters. The van der Waals surface area contributed by atoms with Crippen LogP contribution in [0.5, 0.6) is 0 Å². The first-order valence-corrected chi connectivity index (χ1v) is 6.85. The number of hydrogen-bond acceptors (Lipinski definition) is 4. The minimum Gasteiger partial charge on any atom is -0.394 e. The summed E-state index contributed by atoms with van der Waals surface area (Å²) in [5.41, 5.74) is 1.38. The summed E-state index contributed by atoms with van der Waals surface area (Å²) in [5.74, 6) is -1.05. The van der Waals surface area contributed by atoms with E-state index in [1.54, 1.807) is 17.4 Å². The Morgan fingerprint density at radius 1 is 1.39 bits per heavy atom. The Labute approximate surface area is 129 Å². The molecule has 0 aliphatic rings. The van der Waals surface area contributed by atoms with Gasteiger partial charge >= 0.3 is 6.18 Å². The fourth-order valence-electron chi connectivity index (χ4n) is 1.98. The Bertz CT molecular complexity index is 685. The Hall–Kier alpha value is -2.42. The number of para-hydroxylation sites is 1. The van der Waals surface area contributed by atoms with Crippen LogP contribution in [-0.4, -0.2) is 44.8 Å². The molecule has 0 bridgehead atoms. The Morgan fingerprint density at radius 3 is 2.70 bits per heavy atom. The molecule has 0 fully saturated rings. The Kier molecular flexibility index (Phi) is 4.99. The van der Waals surface area contributed by atoms with Crippen molar-refractivity contribution in [3.63, 3.8) is 0 Å². The Balaban J connectivity index is 2.20. The molecular formula is C14H15F3N4O2. The number of nitrogens with zero attached hydrogens (tertiary/aromatic N) is 3. The van der Waals surface area contributed by atoms with Crippen LogP contribution >= 0.6 is 0 Å². The lowest BCUT2D eigenvalue weighted by molar-refractivity contribution is -0.161. The number of carbonyl (C=O) groups excluding carboxylic acids is 1. The molecule has 1 amide bonds. The zero-order chi connectivity index (χ0) is 17.0. The minimum atomic E-state index is -4.74. The maximum absolute atomic E-state index is 12.5. The van der Waals surface area contributed by atoms with Gasteiger partial charge < -0.3 is 10.4 Å². The normalized spacial score (nSPS) is 12.9. The van der Waals surface area contributed by atoms with Crippen molar-refractivity contribution in [3.8, 4) is 5.69 Å². The molecule has 0 aliphatic heterocycles. The first-order valence-electron chi connectivity index (χ1n) is 6.85. The van der Waals surface area contributed by atoms with Gasteiger partial charge in [0.25, 0.3) is 5.91 Å². The molecule has 2 rings (SSSR count). The van der Waals surface area contributed by atoms with E-state index < -0.39 is 24.7 Å². The van der Waals surface area contributed by atoms with Gasteiger partial charge in [0.1, 0.15) is 6.04 Å². The monoisotopic (exact) mass is 328 g/mol. The third-order valence-electron chi connectivity index (χ3n) is 3.23. The molecule has 23 heavy (non-hydrogen) atoms. The summed E-state index contributed by atoms with van der Waals surface area (Å²) in [6.45, 7) is 0.695. The highest BCUT2D eigenvalue weighted by Gasteiger charge is 2.40. The second kappa shape index (κ2) is 6.78. The molecule has 0 saturated heterocycles. The standard InChI is InChI=1S/C14H15F3N4O2/c1-2-9-5-3-4-6-11(9)21-7-10(19-20-21)13(23)18-12(8-22)14(15,16)17/h3-7,12,22H,2,8H2,1H3,(H,18,23)/t12-/m0/s1. The summed E-state index contributed by atoms with van der Waals surface area (Å²) in [7, 11) is 0. The van der Waals surface area contributed by atoms with Crippen molar-refractivity contribution in [2.45, 2.75) is 25.6 Å². The third-order valence-corrected chi connectivity index (χ3v) is 3.23. The van der Waals surface area contributed by atoms with Crippen LogP contribution in [0.25, 0.3) is 5.69 Å². The average molecular weight is 328 g/mol. The lowest BCUT2D eigenvalue weighted by Gasteiger charge is -2.18. The van der Waals surface area contributed by atoms with Crippen molar-refractivity contribution < 1.29 is 23.1 Å². The van der Waals surface area contributed by atoms with Gasteiger partial charge in [0.2, 0.25) is 0 Å². The maximum Gasteiger partial charge on any atom is 0.410 e. The molecule has 1 heterocycles. The van der Waals surface area contributed by atoms with E-state index >= 15 is 0 Å². The quantitative estimate of drug-likeness (QED) is 0.871. The second-order valence-corrected chi connectivity index (χ2v) is 4.78. The van der Waals surface area contributed by atoms with Crippen LogP contribution in [0.15, 0.2) is 30.5 Å². The van der Waals surface area contributed by atoms with E-state index in [1.165, 1.54) is 10.9 Å². The number of benzene rings is 1. The van der Waals surface area contributed by atoms with Crippen LogP contribution in [0.2, 0.25) is 0 Å². The van der Waals surface area contributed by atoms with Crippen molar-refractivity contribution in [2.75, 3.05) is 6.61 Å². The summed E-state index contributed by atoms with van der Waals surface area (Å²) in [6, 6.07) is 4.93. The number of alkyl halides is 3. The summed E-state index contributed by atoms with van der Waals surface area (Å²) in [4.78, 5) is 11.8. The van der Waals surface area contributed by atoms with Gasteiger partial charge in [-0.3, -0.25) is 4.79 Å². The van der Waals surface area contributed by atoms with Crippen molar-refractivity contribution >= 4 is 5.91 Å². The number of hydrogen-bond donors (Lipinski definition) is 2. The zero-order valence-electron chi connectivity index (χ0n) is 12.2. The fourth-order valence-corrected chi connectivity index (χ4v) is 1.98. The first-order chi connectivity index (χ1) is 10.9. The van der Waals surface area contributed by atoms with E-state index in [0.717, 1.165) is 12.0 Å². The number of aliphatic hydroxyl groups is 1. The fraction of sp³-hybridized carbons (Fsp3) is 0.357. The van der Waals surface area contributed by atoms with E-state index in [1.807, 2.05) is 19.1 Å². The highest BCUT2D eigenvalue weighted by atomic mass is 19.4. The zero-order valence-corrected chi connectivity index (χ0v) is 12.2. The molecule has 0 saturated carbocycles. The smallest absolute Gasteiger partial charge is 0.394 e. The van der Waals surface area contributed by atoms with Gasteiger partial charge in [-0.1, -0.05) is 30.3 Å². The maximum atomic E-state index is 12.5. The van der Waals surface area contributed by atoms with Crippen molar-refractivity contribution in [1.29, 1.82) is 0 Å². The lowest BCUT2D eigenvalue weighted by Crippen LogP contribution is -2.47. The number of halogens is 3. The van der Waals surface area contributed by atoms with Gasteiger partial charge in [-0.15, -0.1) is 5.10 Å². The van der Waals surface area contributed by atoms with E-state index in [2.05, 4.69) is 10.3 Å². The molecule has 1 aromatic heterocycles. The summed E-state index contributed by atoms with van der Waals surface area (Å²) < 4.78 is 39.0. The molecule has 2 aromatic rings. The number of nitrogens with one attached hydrogen (secondary N) is 1. The molecule has 9 heteroatoms. The number of carbonyl (C=O) groups is 1. The predicted molar refractivity (Wildman–Crippen MR) is 75.1 cm³/mol. The van der Waals surface area contributed by atoms with Crippen LogP contribution in [-0.2, 0) is 6.42 Å². The summed E-state index contributed by atoms with van der Waals surface area (Å²) >= 11 is 0.